The van der Waals surface area contributed by atoms with Crippen LogP contribution in [0.3, 0.4) is 0 Å². The molecule has 0 aliphatic rings. The minimum atomic E-state index is -0.917. The number of hydrogen-bond acceptors (Lipinski definition) is 8. The van der Waals surface area contributed by atoms with E-state index in [0.717, 1.165) is 5.56 Å². The molecule has 0 aromatic heterocycles. The molecule has 3 N–H and O–H groups in total. The average Bonchev–Trinajstić information content (AvgIpc) is 2.88. The van der Waals surface area contributed by atoms with Crippen LogP contribution in [0, 0.1) is 17.8 Å². The second-order valence-electron chi connectivity index (χ2n) is 9.92. The molecule has 210 valence electrons. The summed E-state index contributed by atoms with van der Waals surface area (Å²) >= 11 is 0. The van der Waals surface area contributed by atoms with Gasteiger partial charge in [0, 0.05) is 24.7 Å². The third-order valence-corrected chi connectivity index (χ3v) is 6.50. The van der Waals surface area contributed by atoms with Gasteiger partial charge in [-0.05, 0) is 24.3 Å². The summed E-state index contributed by atoms with van der Waals surface area (Å²) in [6.45, 7) is 5.80. The number of benzene rings is 1. The summed E-state index contributed by atoms with van der Waals surface area (Å²) in [7, 11) is 2.51. The number of Topliss-reactive ketones (excluding diaryl/α,β-unsaturated/α-hetero) is 1. The van der Waals surface area contributed by atoms with Crippen LogP contribution in [0.15, 0.2) is 30.3 Å². The van der Waals surface area contributed by atoms with Gasteiger partial charge in [-0.25, -0.2) is 0 Å². The van der Waals surface area contributed by atoms with Crippen molar-refractivity contribution in [2.45, 2.75) is 71.7 Å². The highest BCUT2D eigenvalue weighted by Crippen LogP contribution is 2.18. The van der Waals surface area contributed by atoms with Gasteiger partial charge in [0.15, 0.2) is 5.78 Å². The van der Waals surface area contributed by atoms with E-state index in [2.05, 4.69) is 15.4 Å². The van der Waals surface area contributed by atoms with Crippen molar-refractivity contribution in [1.82, 2.24) is 10.6 Å². The van der Waals surface area contributed by atoms with Gasteiger partial charge in [0.05, 0.1) is 32.6 Å². The Morgan fingerprint density at radius 1 is 0.895 bits per heavy atom. The van der Waals surface area contributed by atoms with E-state index < -0.39 is 54.5 Å². The van der Waals surface area contributed by atoms with E-state index >= 15 is 0 Å². The van der Waals surface area contributed by atoms with Crippen molar-refractivity contribution in [2.24, 2.45) is 17.8 Å². The molecule has 0 aliphatic carbocycles. The highest BCUT2D eigenvalue weighted by atomic mass is 16.5. The number of carbonyl (C=O) groups excluding carboxylic acids is 5. The molecule has 0 spiro atoms. The molecule has 2 amide bonds. The van der Waals surface area contributed by atoms with Gasteiger partial charge in [0.25, 0.3) is 0 Å². The van der Waals surface area contributed by atoms with Crippen LogP contribution in [0.4, 0.5) is 0 Å². The summed E-state index contributed by atoms with van der Waals surface area (Å²) in [6, 6.07) is 8.26. The van der Waals surface area contributed by atoms with Crippen molar-refractivity contribution in [3.63, 3.8) is 0 Å². The molecule has 10 nitrogen and oxygen atoms in total. The predicted octanol–water partition coefficient (Wildman–Crippen LogP) is 1.74. The van der Waals surface area contributed by atoms with Crippen molar-refractivity contribution in [3.8, 4) is 0 Å². The molecule has 0 fully saturated rings. The van der Waals surface area contributed by atoms with Gasteiger partial charge in [-0.2, -0.15) is 0 Å². The Bertz CT molecular complexity index is 938. The fourth-order valence-corrected chi connectivity index (χ4v) is 3.94. The maximum Gasteiger partial charge on any atom is 0.308 e. The molecule has 1 aromatic rings. The minimum absolute atomic E-state index is 0.0213. The lowest BCUT2D eigenvalue weighted by Crippen LogP contribution is -2.49. The van der Waals surface area contributed by atoms with Crippen LogP contribution >= 0.6 is 0 Å². The third kappa shape index (κ3) is 11.5. The molecule has 0 saturated carbocycles. The zero-order chi connectivity index (χ0) is 28.8. The zero-order valence-corrected chi connectivity index (χ0v) is 23.2. The molecule has 1 aromatic carbocycles. The van der Waals surface area contributed by atoms with Crippen LogP contribution in [0.1, 0.15) is 52.0 Å². The van der Waals surface area contributed by atoms with E-state index in [1.165, 1.54) is 21.0 Å². The molecule has 1 unspecified atom stereocenters. The van der Waals surface area contributed by atoms with Crippen LogP contribution in [0.2, 0.25) is 6.82 Å². The van der Waals surface area contributed by atoms with E-state index in [1.54, 1.807) is 6.92 Å². The Morgan fingerprint density at radius 2 is 1.50 bits per heavy atom. The normalized spacial score (nSPS) is 14.0. The van der Waals surface area contributed by atoms with Crippen molar-refractivity contribution >= 4 is 36.5 Å². The maximum absolute atomic E-state index is 13.3. The monoisotopic (exact) mass is 532 g/mol. The van der Waals surface area contributed by atoms with E-state index in [-0.39, 0.29) is 43.8 Å². The Morgan fingerprint density at radius 3 is 2.03 bits per heavy atom. The smallest absolute Gasteiger partial charge is 0.308 e. The summed E-state index contributed by atoms with van der Waals surface area (Å²) in [6.07, 6.45) is 0.153. The SMILES string of the molecule is COC(=O)CCC(NC(=O)[C@H](C)CC(=O)[C@H](Cc1ccccc1)NC(=O)[C@@H](CC(=O)OC)C(C)C)B(C)O. The summed E-state index contributed by atoms with van der Waals surface area (Å²) in [5.41, 5.74) is 0.828. The molecule has 1 rings (SSSR count). The Hall–Kier alpha value is -3.21. The minimum Gasteiger partial charge on any atom is -0.469 e. The molecule has 38 heavy (non-hydrogen) atoms. The lowest BCUT2D eigenvalue weighted by atomic mass is 9.61. The van der Waals surface area contributed by atoms with Crippen LogP contribution in [0.5, 0.6) is 0 Å². The maximum atomic E-state index is 13.3. The number of amides is 2. The largest absolute Gasteiger partial charge is 0.469 e. The van der Waals surface area contributed by atoms with Crippen molar-refractivity contribution in [2.75, 3.05) is 14.2 Å². The van der Waals surface area contributed by atoms with Crippen molar-refractivity contribution in [3.05, 3.63) is 35.9 Å². The molecular formula is C27H41BN2O8. The third-order valence-electron chi connectivity index (χ3n) is 6.50. The van der Waals surface area contributed by atoms with E-state index in [0.29, 0.717) is 0 Å². The first-order chi connectivity index (χ1) is 17.9. The summed E-state index contributed by atoms with van der Waals surface area (Å²) in [4.78, 5) is 62.6. The zero-order valence-electron chi connectivity index (χ0n) is 23.2. The van der Waals surface area contributed by atoms with Crippen LogP contribution < -0.4 is 10.6 Å². The van der Waals surface area contributed by atoms with Crippen LogP contribution in [-0.4, -0.2) is 67.7 Å². The van der Waals surface area contributed by atoms with Gasteiger partial charge in [0.2, 0.25) is 11.8 Å². The number of esters is 2. The van der Waals surface area contributed by atoms with Crippen LogP contribution in [0.25, 0.3) is 0 Å². The topological polar surface area (TPSA) is 148 Å². The Balaban J connectivity index is 2.99. The Labute approximate surface area is 225 Å². The quantitative estimate of drug-likeness (QED) is 0.215. The highest BCUT2D eigenvalue weighted by Gasteiger charge is 2.32. The first-order valence-electron chi connectivity index (χ1n) is 12.9. The molecule has 0 radical (unpaired) electrons. The molecule has 4 atom stereocenters. The highest BCUT2D eigenvalue weighted by molar-refractivity contribution is 6.51. The molecule has 0 saturated heterocycles. The van der Waals surface area contributed by atoms with E-state index in [9.17, 15) is 29.0 Å². The lowest BCUT2D eigenvalue weighted by molar-refractivity contribution is -0.145. The summed E-state index contributed by atoms with van der Waals surface area (Å²) in [5, 5.41) is 15.5. The Kier molecular flexibility index (Phi) is 14.3. The number of carbonyl (C=O) groups is 5. The van der Waals surface area contributed by atoms with E-state index in [4.69, 9.17) is 4.74 Å². The second kappa shape index (κ2) is 16.6. The van der Waals surface area contributed by atoms with Gasteiger partial charge in [0.1, 0.15) is 0 Å². The number of ketones is 1. The first-order valence-corrected chi connectivity index (χ1v) is 12.9. The molecule has 0 bridgehead atoms. The summed E-state index contributed by atoms with van der Waals surface area (Å²) in [5.74, 6) is -4.51. The van der Waals surface area contributed by atoms with Gasteiger partial charge < -0.3 is 25.1 Å². The standard InChI is InChI=1S/C27H41BN2O8/c1-17(2)20(16-25(33)38-6)27(35)29-21(15-19-10-8-7-9-11-19)22(31)14-18(3)26(34)30-23(28(4)36)12-13-24(32)37-5/h7-11,17-18,20-21,23,36H,12-16H2,1-6H3,(H,29,35)(H,30,34)/t18-,20+,21+,23?/m1/s1. The summed E-state index contributed by atoms with van der Waals surface area (Å²) < 4.78 is 9.33. The molecule has 11 heteroatoms. The number of nitrogens with one attached hydrogen (secondary N) is 2. The number of rotatable bonds is 16. The fourth-order valence-electron chi connectivity index (χ4n) is 3.94. The second-order valence-corrected chi connectivity index (χ2v) is 9.92. The average molecular weight is 532 g/mol. The van der Waals surface area contributed by atoms with E-state index in [1.807, 2.05) is 44.2 Å². The number of ether oxygens (including phenoxy) is 2. The van der Waals surface area contributed by atoms with Gasteiger partial charge in [-0.1, -0.05) is 57.9 Å². The predicted molar refractivity (Wildman–Crippen MR) is 143 cm³/mol. The van der Waals surface area contributed by atoms with Gasteiger partial charge in [-0.15, -0.1) is 0 Å². The fraction of sp³-hybridized carbons (Fsp3) is 0.593. The van der Waals surface area contributed by atoms with Crippen molar-refractivity contribution < 1.29 is 38.5 Å². The van der Waals surface area contributed by atoms with Gasteiger partial charge in [-0.3, -0.25) is 24.0 Å². The molecular weight excluding hydrogens is 491 g/mol. The van der Waals surface area contributed by atoms with Crippen LogP contribution in [-0.2, 0) is 39.9 Å². The molecule has 0 heterocycles. The molecule has 0 aliphatic heterocycles. The number of methoxy groups -OCH3 is 2. The number of hydrogen-bond donors (Lipinski definition) is 3. The first kappa shape index (κ1) is 32.8. The lowest BCUT2D eigenvalue weighted by Gasteiger charge is -2.25. The van der Waals surface area contributed by atoms with Gasteiger partial charge >= 0.3 is 18.9 Å². The van der Waals surface area contributed by atoms with Crippen molar-refractivity contribution in [1.29, 1.82) is 0 Å².